The number of rotatable bonds is 4. The van der Waals surface area contributed by atoms with E-state index in [2.05, 4.69) is 15.3 Å². The first-order chi connectivity index (χ1) is 9.63. The number of carbonyl (C=O) groups excluding carboxylic acids is 1. The second-order valence-electron chi connectivity index (χ2n) is 5.17. The zero-order valence-corrected chi connectivity index (χ0v) is 10.9. The zero-order valence-electron chi connectivity index (χ0n) is 10.9. The van der Waals surface area contributed by atoms with Gasteiger partial charge in [-0.25, -0.2) is 4.98 Å². The van der Waals surface area contributed by atoms with Gasteiger partial charge < -0.3 is 16.2 Å². The molecular weight excluding hydrogens is 256 g/mol. The quantitative estimate of drug-likeness (QED) is 0.759. The summed E-state index contributed by atoms with van der Waals surface area (Å²) in [7, 11) is 0. The minimum Gasteiger partial charge on any atom is -0.396 e. The van der Waals surface area contributed by atoms with Crippen LogP contribution in [0.2, 0.25) is 0 Å². The number of aromatic nitrogens is 2. The number of anilines is 1. The zero-order chi connectivity index (χ0) is 14.2. The summed E-state index contributed by atoms with van der Waals surface area (Å²) in [6.45, 7) is 0.0537. The minimum atomic E-state index is -0.863. The van der Waals surface area contributed by atoms with E-state index in [4.69, 9.17) is 10.8 Å². The lowest BCUT2D eigenvalue weighted by atomic mass is 10.1. The van der Waals surface area contributed by atoms with Crippen molar-refractivity contribution in [2.24, 2.45) is 11.7 Å². The first-order valence-corrected chi connectivity index (χ1v) is 6.55. The van der Waals surface area contributed by atoms with Crippen LogP contribution in [0.3, 0.4) is 0 Å². The number of hydrogen-bond donors (Lipinski definition) is 3. The Morgan fingerprint density at radius 2 is 2.35 bits per heavy atom. The second-order valence-corrected chi connectivity index (χ2v) is 5.17. The predicted octanol–water partition coefficient (Wildman–Crippen LogP) is 0.668. The molecule has 0 saturated heterocycles. The smallest absolute Gasteiger partial charge is 0.245 e. The highest BCUT2D eigenvalue weighted by atomic mass is 16.3. The van der Waals surface area contributed by atoms with E-state index in [0.29, 0.717) is 18.7 Å². The molecule has 6 heteroatoms. The van der Waals surface area contributed by atoms with Crippen LogP contribution in [0, 0.1) is 5.92 Å². The maximum atomic E-state index is 12.1. The fraction of sp³-hybridized carbons (Fsp3) is 0.357. The number of amides is 1. The molecule has 0 aliphatic heterocycles. The van der Waals surface area contributed by atoms with Crippen LogP contribution in [0.4, 0.5) is 5.82 Å². The van der Waals surface area contributed by atoms with Crippen molar-refractivity contribution in [3.05, 3.63) is 30.6 Å². The highest BCUT2D eigenvalue weighted by molar-refractivity contribution is 6.00. The number of fused-ring (bicyclic) bond motifs is 1. The van der Waals surface area contributed by atoms with Crippen molar-refractivity contribution in [1.82, 2.24) is 9.97 Å². The van der Waals surface area contributed by atoms with Crippen LogP contribution in [0.5, 0.6) is 0 Å². The molecule has 1 aliphatic carbocycles. The Morgan fingerprint density at radius 3 is 3.15 bits per heavy atom. The van der Waals surface area contributed by atoms with Gasteiger partial charge in [0.2, 0.25) is 5.91 Å². The second kappa shape index (κ2) is 4.81. The van der Waals surface area contributed by atoms with Crippen molar-refractivity contribution in [3.63, 3.8) is 0 Å². The van der Waals surface area contributed by atoms with Crippen molar-refractivity contribution in [3.8, 4) is 0 Å². The Kier molecular flexibility index (Phi) is 3.11. The van der Waals surface area contributed by atoms with Crippen LogP contribution in [0.1, 0.15) is 12.8 Å². The topological polar surface area (TPSA) is 101 Å². The fourth-order valence-electron chi connectivity index (χ4n) is 2.41. The summed E-state index contributed by atoms with van der Waals surface area (Å²) >= 11 is 0. The Morgan fingerprint density at radius 1 is 1.50 bits per heavy atom. The van der Waals surface area contributed by atoms with Crippen LogP contribution in [-0.2, 0) is 4.79 Å². The summed E-state index contributed by atoms with van der Waals surface area (Å²) in [5, 5.41) is 12.6. The number of aliphatic hydroxyl groups is 1. The molecule has 1 amide bonds. The van der Waals surface area contributed by atoms with Gasteiger partial charge in [0.05, 0.1) is 11.1 Å². The molecule has 2 aromatic rings. The molecule has 2 heterocycles. The molecule has 3 rings (SSSR count). The number of nitrogens with two attached hydrogens (primary N) is 1. The molecule has 2 aromatic heterocycles. The third-order valence-corrected chi connectivity index (χ3v) is 3.78. The standard InChI is InChI=1S/C14H16N4O2/c15-14(7-10(14)4-6-19)13(20)18-12-2-1-9-8-16-5-3-11(9)17-12/h1-3,5,8,10,19H,4,6-7,15H2,(H,17,18,20). The van der Waals surface area contributed by atoms with Crippen molar-refractivity contribution < 1.29 is 9.90 Å². The number of pyridine rings is 2. The fourth-order valence-corrected chi connectivity index (χ4v) is 2.41. The molecule has 2 atom stereocenters. The lowest BCUT2D eigenvalue weighted by Crippen LogP contribution is -2.40. The van der Waals surface area contributed by atoms with Crippen molar-refractivity contribution in [1.29, 1.82) is 0 Å². The molecule has 20 heavy (non-hydrogen) atoms. The number of hydrogen-bond acceptors (Lipinski definition) is 5. The highest BCUT2D eigenvalue weighted by Gasteiger charge is 2.56. The van der Waals surface area contributed by atoms with E-state index < -0.39 is 5.54 Å². The van der Waals surface area contributed by atoms with E-state index in [9.17, 15) is 4.79 Å². The number of nitrogens with one attached hydrogen (secondary N) is 1. The van der Waals surface area contributed by atoms with Gasteiger partial charge in [-0.3, -0.25) is 9.78 Å². The van der Waals surface area contributed by atoms with Gasteiger partial charge in [-0.05, 0) is 37.0 Å². The normalized spacial score (nSPS) is 24.6. The van der Waals surface area contributed by atoms with Gasteiger partial charge in [-0.15, -0.1) is 0 Å². The molecule has 2 unspecified atom stereocenters. The van der Waals surface area contributed by atoms with Crippen LogP contribution in [-0.4, -0.2) is 33.1 Å². The molecule has 1 saturated carbocycles. The maximum Gasteiger partial charge on any atom is 0.245 e. The molecule has 0 bridgehead atoms. The monoisotopic (exact) mass is 272 g/mol. The molecule has 1 aliphatic rings. The van der Waals surface area contributed by atoms with E-state index in [1.807, 2.05) is 6.07 Å². The third-order valence-electron chi connectivity index (χ3n) is 3.78. The minimum absolute atomic E-state index is 0.0529. The summed E-state index contributed by atoms with van der Waals surface area (Å²) < 4.78 is 0. The summed E-state index contributed by atoms with van der Waals surface area (Å²) in [4.78, 5) is 20.5. The van der Waals surface area contributed by atoms with Crippen molar-refractivity contribution >= 4 is 22.6 Å². The average molecular weight is 272 g/mol. The van der Waals surface area contributed by atoms with Gasteiger partial charge in [-0.1, -0.05) is 0 Å². The van der Waals surface area contributed by atoms with Crippen molar-refractivity contribution in [2.75, 3.05) is 11.9 Å². The maximum absolute atomic E-state index is 12.1. The van der Waals surface area contributed by atoms with Gasteiger partial charge in [0.25, 0.3) is 0 Å². The summed E-state index contributed by atoms with van der Waals surface area (Å²) in [5.41, 5.74) is 5.93. The lowest BCUT2D eigenvalue weighted by Gasteiger charge is -2.12. The van der Waals surface area contributed by atoms with E-state index in [-0.39, 0.29) is 18.4 Å². The van der Waals surface area contributed by atoms with Gasteiger partial charge in [0.15, 0.2) is 0 Å². The third kappa shape index (κ3) is 2.23. The molecule has 104 valence electrons. The van der Waals surface area contributed by atoms with Gasteiger partial charge in [0, 0.05) is 24.4 Å². The SMILES string of the molecule is NC1(C(=O)Nc2ccc3cnccc3n2)CC1CCO. The van der Waals surface area contributed by atoms with Crippen LogP contribution >= 0.6 is 0 Å². The van der Waals surface area contributed by atoms with Crippen LogP contribution < -0.4 is 11.1 Å². The van der Waals surface area contributed by atoms with Crippen LogP contribution in [0.15, 0.2) is 30.6 Å². The molecule has 0 aromatic carbocycles. The van der Waals surface area contributed by atoms with Gasteiger partial charge >= 0.3 is 0 Å². The number of nitrogens with zero attached hydrogens (tertiary/aromatic N) is 2. The van der Waals surface area contributed by atoms with E-state index in [0.717, 1.165) is 10.9 Å². The predicted molar refractivity (Wildman–Crippen MR) is 74.9 cm³/mol. The Labute approximate surface area is 116 Å². The molecule has 4 N–H and O–H groups in total. The molecule has 1 fully saturated rings. The number of aliphatic hydroxyl groups excluding tert-OH is 1. The first-order valence-electron chi connectivity index (χ1n) is 6.55. The first kappa shape index (κ1) is 13.0. The van der Waals surface area contributed by atoms with E-state index in [1.54, 1.807) is 24.5 Å². The van der Waals surface area contributed by atoms with E-state index >= 15 is 0 Å². The Bertz CT molecular complexity index is 660. The molecule has 0 spiro atoms. The van der Waals surface area contributed by atoms with Crippen LogP contribution in [0.25, 0.3) is 10.9 Å². The molecular formula is C14H16N4O2. The summed E-state index contributed by atoms with van der Waals surface area (Å²) in [6.07, 6.45) is 4.54. The summed E-state index contributed by atoms with van der Waals surface area (Å²) in [5.74, 6) is 0.294. The van der Waals surface area contributed by atoms with Gasteiger partial charge in [-0.2, -0.15) is 0 Å². The molecule has 6 nitrogen and oxygen atoms in total. The average Bonchev–Trinajstić information content (AvgIpc) is 3.11. The van der Waals surface area contributed by atoms with Crippen molar-refractivity contribution in [2.45, 2.75) is 18.4 Å². The van der Waals surface area contributed by atoms with Gasteiger partial charge in [0.1, 0.15) is 5.82 Å². The molecule has 0 radical (unpaired) electrons. The Balaban J connectivity index is 1.75. The number of carbonyl (C=O) groups is 1. The largest absolute Gasteiger partial charge is 0.396 e. The lowest BCUT2D eigenvalue weighted by molar-refractivity contribution is -0.118. The summed E-state index contributed by atoms with van der Waals surface area (Å²) in [6, 6.07) is 5.37. The van der Waals surface area contributed by atoms with E-state index in [1.165, 1.54) is 0 Å². The Hall–Kier alpha value is -2.05. The highest BCUT2D eigenvalue weighted by Crippen LogP contribution is 2.44.